The third kappa shape index (κ3) is 4.72. The van der Waals surface area contributed by atoms with Gasteiger partial charge in [0.1, 0.15) is 0 Å². The minimum atomic E-state index is 0.964. The van der Waals surface area contributed by atoms with Crippen molar-refractivity contribution in [2.75, 3.05) is 0 Å². The molecule has 0 aromatic heterocycles. The van der Waals surface area contributed by atoms with Gasteiger partial charge in [0.15, 0.2) is 0 Å². The SMILES string of the molecule is CCCC#Cc1cccc(C#CCCC)c1. The summed E-state index contributed by atoms with van der Waals surface area (Å²) in [7, 11) is 0. The minimum Gasteiger partial charge on any atom is -0.0979 e. The normalized spacial score (nSPS) is 8.62. The molecule has 0 aliphatic carbocycles. The van der Waals surface area contributed by atoms with Gasteiger partial charge in [-0.25, -0.2) is 0 Å². The maximum atomic E-state index is 3.16. The lowest BCUT2D eigenvalue weighted by atomic mass is 10.1. The van der Waals surface area contributed by atoms with E-state index in [1.54, 1.807) is 0 Å². The number of benzene rings is 1. The van der Waals surface area contributed by atoms with E-state index in [2.05, 4.69) is 43.6 Å². The minimum absolute atomic E-state index is 0.964. The molecule has 0 heterocycles. The fraction of sp³-hybridized carbons (Fsp3) is 0.375. The summed E-state index contributed by atoms with van der Waals surface area (Å²) in [5.41, 5.74) is 2.13. The van der Waals surface area contributed by atoms with E-state index in [4.69, 9.17) is 0 Å². The second-order valence-electron chi connectivity index (χ2n) is 3.68. The molecule has 0 saturated carbocycles. The van der Waals surface area contributed by atoms with Gasteiger partial charge in [0.25, 0.3) is 0 Å². The molecule has 16 heavy (non-hydrogen) atoms. The molecule has 0 aliphatic heterocycles. The average molecular weight is 210 g/mol. The van der Waals surface area contributed by atoms with E-state index in [0.717, 1.165) is 36.8 Å². The predicted molar refractivity (Wildman–Crippen MR) is 70.0 cm³/mol. The zero-order chi connectivity index (χ0) is 11.6. The van der Waals surface area contributed by atoms with E-state index < -0.39 is 0 Å². The molecule has 0 nitrogen and oxygen atoms in total. The predicted octanol–water partition coefficient (Wildman–Crippen LogP) is 3.99. The largest absolute Gasteiger partial charge is 0.0979 e. The van der Waals surface area contributed by atoms with Gasteiger partial charge in [0.2, 0.25) is 0 Å². The van der Waals surface area contributed by atoms with Crippen LogP contribution in [-0.4, -0.2) is 0 Å². The van der Waals surface area contributed by atoms with Crippen LogP contribution in [0.5, 0.6) is 0 Å². The average Bonchev–Trinajstić information content (AvgIpc) is 2.30. The van der Waals surface area contributed by atoms with Crippen molar-refractivity contribution in [2.45, 2.75) is 39.5 Å². The Hall–Kier alpha value is -1.66. The summed E-state index contributed by atoms with van der Waals surface area (Å²) in [6, 6.07) is 8.15. The fourth-order valence-corrected chi connectivity index (χ4v) is 1.25. The van der Waals surface area contributed by atoms with E-state index in [0.29, 0.717) is 0 Å². The molecule has 0 bridgehead atoms. The van der Waals surface area contributed by atoms with Gasteiger partial charge in [0.05, 0.1) is 0 Å². The van der Waals surface area contributed by atoms with Crippen molar-refractivity contribution in [1.82, 2.24) is 0 Å². The topological polar surface area (TPSA) is 0 Å². The summed E-state index contributed by atoms with van der Waals surface area (Å²) in [4.78, 5) is 0. The Morgan fingerprint density at radius 2 is 1.38 bits per heavy atom. The molecule has 0 N–H and O–H groups in total. The van der Waals surface area contributed by atoms with Crippen LogP contribution in [0, 0.1) is 23.7 Å². The molecule has 0 fully saturated rings. The molecule has 82 valence electrons. The Bertz CT molecular complexity index is 393. The maximum absolute atomic E-state index is 3.16. The van der Waals surface area contributed by atoms with E-state index in [-0.39, 0.29) is 0 Å². The second kappa shape index (κ2) is 7.61. The highest BCUT2D eigenvalue weighted by Crippen LogP contribution is 2.03. The van der Waals surface area contributed by atoms with Crippen LogP contribution in [0.25, 0.3) is 0 Å². The fourth-order valence-electron chi connectivity index (χ4n) is 1.25. The molecule has 0 spiro atoms. The van der Waals surface area contributed by atoms with Crippen molar-refractivity contribution in [3.63, 3.8) is 0 Å². The molecule has 0 amide bonds. The summed E-state index contributed by atoms with van der Waals surface area (Å²) in [6.45, 7) is 4.28. The molecular formula is C16H18. The lowest BCUT2D eigenvalue weighted by molar-refractivity contribution is 0.983. The zero-order valence-corrected chi connectivity index (χ0v) is 10.1. The number of rotatable bonds is 2. The summed E-state index contributed by atoms with van der Waals surface area (Å²) in [6.07, 6.45) is 4.16. The number of hydrogen-bond acceptors (Lipinski definition) is 0. The Morgan fingerprint density at radius 1 is 0.875 bits per heavy atom. The van der Waals surface area contributed by atoms with Crippen molar-refractivity contribution >= 4 is 0 Å². The first-order chi connectivity index (χ1) is 7.86. The van der Waals surface area contributed by atoms with Crippen molar-refractivity contribution in [3.05, 3.63) is 35.4 Å². The Labute approximate surface area is 99.1 Å². The second-order valence-corrected chi connectivity index (χ2v) is 3.68. The highest BCUT2D eigenvalue weighted by molar-refractivity contribution is 5.43. The van der Waals surface area contributed by atoms with E-state index >= 15 is 0 Å². The smallest absolute Gasteiger partial charge is 0.0257 e. The van der Waals surface area contributed by atoms with Crippen molar-refractivity contribution in [1.29, 1.82) is 0 Å². The third-order valence-electron chi connectivity index (χ3n) is 2.08. The first-order valence-corrected chi connectivity index (χ1v) is 5.94. The third-order valence-corrected chi connectivity index (χ3v) is 2.08. The number of unbranched alkanes of at least 4 members (excludes halogenated alkanes) is 2. The molecular weight excluding hydrogens is 192 g/mol. The van der Waals surface area contributed by atoms with Crippen molar-refractivity contribution in [3.8, 4) is 23.7 Å². The van der Waals surface area contributed by atoms with Gasteiger partial charge >= 0.3 is 0 Å². The molecule has 0 heteroatoms. The van der Waals surface area contributed by atoms with Gasteiger partial charge in [-0.15, -0.1) is 0 Å². The quantitative estimate of drug-likeness (QED) is 0.647. The van der Waals surface area contributed by atoms with Gasteiger partial charge in [0, 0.05) is 24.0 Å². The Balaban J connectivity index is 2.73. The van der Waals surface area contributed by atoms with Crippen LogP contribution in [0.2, 0.25) is 0 Å². The van der Waals surface area contributed by atoms with Gasteiger partial charge in [-0.05, 0) is 31.0 Å². The molecule has 1 aromatic rings. The summed E-state index contributed by atoms with van der Waals surface area (Å²) >= 11 is 0. The molecule has 0 radical (unpaired) electrons. The van der Waals surface area contributed by atoms with E-state index in [9.17, 15) is 0 Å². The van der Waals surface area contributed by atoms with Gasteiger partial charge in [-0.1, -0.05) is 43.6 Å². The van der Waals surface area contributed by atoms with Crippen molar-refractivity contribution < 1.29 is 0 Å². The maximum Gasteiger partial charge on any atom is 0.0257 e. The van der Waals surface area contributed by atoms with Crippen molar-refractivity contribution in [2.24, 2.45) is 0 Å². The van der Waals surface area contributed by atoms with Gasteiger partial charge in [-0.3, -0.25) is 0 Å². The number of hydrogen-bond donors (Lipinski definition) is 0. The molecule has 0 saturated heterocycles. The molecule has 0 unspecified atom stereocenters. The van der Waals surface area contributed by atoms with Crippen LogP contribution in [-0.2, 0) is 0 Å². The highest BCUT2D eigenvalue weighted by atomic mass is 13.9. The van der Waals surface area contributed by atoms with Crippen LogP contribution in [0.1, 0.15) is 50.7 Å². The molecule has 1 aromatic carbocycles. The lowest BCUT2D eigenvalue weighted by Gasteiger charge is -1.92. The first kappa shape index (κ1) is 12.4. The monoisotopic (exact) mass is 210 g/mol. The highest BCUT2D eigenvalue weighted by Gasteiger charge is 1.88. The molecule has 0 atom stereocenters. The lowest BCUT2D eigenvalue weighted by Crippen LogP contribution is -1.78. The Morgan fingerprint density at radius 3 is 1.81 bits per heavy atom. The Kier molecular flexibility index (Phi) is 5.90. The van der Waals surface area contributed by atoms with E-state index in [1.807, 2.05) is 18.2 Å². The van der Waals surface area contributed by atoms with E-state index in [1.165, 1.54) is 0 Å². The van der Waals surface area contributed by atoms with Gasteiger partial charge in [-0.2, -0.15) is 0 Å². The van der Waals surface area contributed by atoms with Crippen LogP contribution < -0.4 is 0 Å². The standard InChI is InChI=1S/C16H18/c1-3-5-7-10-15-12-9-13-16(14-15)11-8-6-4-2/h9,12-14H,3-6H2,1-2H3. The summed E-state index contributed by atoms with van der Waals surface area (Å²) < 4.78 is 0. The molecule has 1 rings (SSSR count). The van der Waals surface area contributed by atoms with Crippen LogP contribution >= 0.6 is 0 Å². The van der Waals surface area contributed by atoms with Crippen LogP contribution in [0.15, 0.2) is 24.3 Å². The van der Waals surface area contributed by atoms with Crippen LogP contribution in [0.4, 0.5) is 0 Å². The molecule has 0 aliphatic rings. The van der Waals surface area contributed by atoms with Gasteiger partial charge < -0.3 is 0 Å². The summed E-state index contributed by atoms with van der Waals surface area (Å²) in [5.74, 6) is 12.6. The zero-order valence-electron chi connectivity index (χ0n) is 10.1. The summed E-state index contributed by atoms with van der Waals surface area (Å²) in [5, 5.41) is 0. The van der Waals surface area contributed by atoms with Crippen LogP contribution in [0.3, 0.4) is 0 Å². The first-order valence-electron chi connectivity index (χ1n) is 5.94.